The van der Waals surface area contributed by atoms with Crippen LogP contribution in [-0.4, -0.2) is 24.2 Å². The number of carbonyl (C=O) groups is 2. The molecule has 0 saturated carbocycles. The Morgan fingerprint density at radius 1 is 0.828 bits per heavy atom. The van der Waals surface area contributed by atoms with E-state index in [-0.39, 0.29) is 18.4 Å². The minimum absolute atomic E-state index is 0.0559. The average molecular weight is 407 g/mol. The van der Waals surface area contributed by atoms with E-state index in [4.69, 9.17) is 4.74 Å². The molecule has 0 atom stereocenters. The first kappa shape index (κ1) is 20.5. The molecule has 0 aromatic heterocycles. The molecule has 0 aliphatic carbocycles. The van der Waals surface area contributed by atoms with Gasteiger partial charge in [-0.3, -0.25) is 9.59 Å². The summed E-state index contributed by atoms with van der Waals surface area (Å²) in [7, 11) is 0. The van der Waals surface area contributed by atoms with Gasteiger partial charge in [0.15, 0.2) is 6.61 Å². The van der Waals surface area contributed by atoms with Crippen LogP contribution in [0, 0.1) is 6.92 Å². The monoisotopic (exact) mass is 406 g/mol. The molecular weight excluding hydrogens is 384 g/mol. The van der Waals surface area contributed by atoms with E-state index in [9.17, 15) is 9.59 Å². The summed E-state index contributed by atoms with van der Waals surface area (Å²) >= 11 is 1.44. The molecule has 29 heavy (non-hydrogen) atoms. The second-order valence-electron chi connectivity index (χ2n) is 6.38. The molecule has 0 fully saturated rings. The predicted molar refractivity (Wildman–Crippen MR) is 118 cm³/mol. The summed E-state index contributed by atoms with van der Waals surface area (Å²) < 4.78 is 5.42. The molecule has 0 bridgehead atoms. The summed E-state index contributed by atoms with van der Waals surface area (Å²) in [6.45, 7) is 1.93. The Labute approximate surface area is 174 Å². The van der Waals surface area contributed by atoms with Gasteiger partial charge >= 0.3 is 0 Å². The standard InChI is InChI=1S/C23H22N2O3S/c1-17-6-5-7-19(14-17)25-23(27)16-29-21-12-10-18(11-13-21)24-22(26)15-28-20-8-3-2-4-9-20/h2-14H,15-16H2,1H3,(H,24,26)(H,25,27). The van der Waals surface area contributed by atoms with E-state index in [1.165, 1.54) is 11.8 Å². The second kappa shape index (κ2) is 10.3. The van der Waals surface area contributed by atoms with Crippen molar-refractivity contribution in [2.75, 3.05) is 23.0 Å². The summed E-state index contributed by atoms with van der Waals surface area (Å²) in [5.41, 5.74) is 2.58. The van der Waals surface area contributed by atoms with Gasteiger partial charge in [-0.15, -0.1) is 11.8 Å². The Kier molecular flexibility index (Phi) is 7.30. The Morgan fingerprint density at radius 3 is 2.28 bits per heavy atom. The Morgan fingerprint density at radius 2 is 1.55 bits per heavy atom. The third-order valence-electron chi connectivity index (χ3n) is 3.92. The molecule has 148 valence electrons. The molecule has 0 heterocycles. The second-order valence-corrected chi connectivity index (χ2v) is 7.43. The zero-order valence-corrected chi connectivity index (χ0v) is 16.9. The molecule has 2 N–H and O–H groups in total. The van der Waals surface area contributed by atoms with Gasteiger partial charge < -0.3 is 15.4 Å². The van der Waals surface area contributed by atoms with Crippen LogP contribution >= 0.6 is 11.8 Å². The molecule has 0 saturated heterocycles. The van der Waals surface area contributed by atoms with E-state index in [2.05, 4.69) is 10.6 Å². The molecule has 5 nitrogen and oxygen atoms in total. The Bertz CT molecular complexity index is 959. The van der Waals surface area contributed by atoms with Crippen molar-refractivity contribution in [1.29, 1.82) is 0 Å². The molecule has 0 radical (unpaired) electrons. The van der Waals surface area contributed by atoms with Gasteiger partial charge in [0.1, 0.15) is 5.75 Å². The van der Waals surface area contributed by atoms with Gasteiger partial charge in [-0.25, -0.2) is 0 Å². The molecule has 3 aromatic carbocycles. The number of aryl methyl sites for hydroxylation is 1. The number of carbonyl (C=O) groups excluding carboxylic acids is 2. The first-order valence-corrected chi connectivity index (χ1v) is 10.1. The van der Waals surface area contributed by atoms with E-state index in [0.29, 0.717) is 17.2 Å². The number of nitrogens with one attached hydrogen (secondary N) is 2. The normalized spacial score (nSPS) is 10.2. The number of ether oxygens (including phenoxy) is 1. The maximum absolute atomic E-state index is 12.1. The molecular formula is C23H22N2O3S. The fraction of sp³-hybridized carbons (Fsp3) is 0.130. The van der Waals surface area contributed by atoms with Crippen molar-refractivity contribution in [3.05, 3.63) is 84.4 Å². The number of benzene rings is 3. The number of anilines is 2. The van der Waals surface area contributed by atoms with Gasteiger partial charge in [-0.1, -0.05) is 30.3 Å². The van der Waals surface area contributed by atoms with E-state index < -0.39 is 0 Å². The smallest absolute Gasteiger partial charge is 0.262 e. The number of thioether (sulfide) groups is 1. The van der Waals surface area contributed by atoms with Crippen molar-refractivity contribution in [2.45, 2.75) is 11.8 Å². The van der Waals surface area contributed by atoms with Gasteiger partial charge in [0.05, 0.1) is 5.75 Å². The van der Waals surface area contributed by atoms with Crippen molar-refractivity contribution in [3.8, 4) is 5.75 Å². The summed E-state index contributed by atoms with van der Waals surface area (Å²) in [6.07, 6.45) is 0. The highest BCUT2D eigenvalue weighted by Crippen LogP contribution is 2.21. The zero-order valence-electron chi connectivity index (χ0n) is 16.1. The molecule has 3 rings (SSSR count). The average Bonchev–Trinajstić information content (AvgIpc) is 2.72. The van der Waals surface area contributed by atoms with Gasteiger partial charge in [0.2, 0.25) is 5.91 Å². The topological polar surface area (TPSA) is 67.4 Å². The third-order valence-corrected chi connectivity index (χ3v) is 4.93. The van der Waals surface area contributed by atoms with Crippen molar-refractivity contribution >= 4 is 35.0 Å². The maximum atomic E-state index is 12.1. The highest BCUT2D eigenvalue weighted by atomic mass is 32.2. The van der Waals surface area contributed by atoms with Gasteiger partial charge in [0, 0.05) is 16.3 Å². The SMILES string of the molecule is Cc1cccc(NC(=O)CSc2ccc(NC(=O)COc3ccccc3)cc2)c1. The largest absolute Gasteiger partial charge is 0.484 e. The lowest BCUT2D eigenvalue weighted by Crippen LogP contribution is -2.20. The van der Waals surface area contributed by atoms with Gasteiger partial charge in [-0.2, -0.15) is 0 Å². The molecule has 0 aliphatic heterocycles. The van der Waals surface area contributed by atoms with Crippen molar-refractivity contribution in [2.24, 2.45) is 0 Å². The van der Waals surface area contributed by atoms with Crippen LogP contribution < -0.4 is 15.4 Å². The molecule has 0 unspecified atom stereocenters. The van der Waals surface area contributed by atoms with Crippen LogP contribution in [0.4, 0.5) is 11.4 Å². The minimum atomic E-state index is -0.230. The zero-order chi connectivity index (χ0) is 20.5. The summed E-state index contributed by atoms with van der Waals surface area (Å²) in [6, 6.07) is 24.3. The van der Waals surface area contributed by atoms with Crippen molar-refractivity contribution in [3.63, 3.8) is 0 Å². The quantitative estimate of drug-likeness (QED) is 0.530. The molecule has 0 spiro atoms. The van der Waals surface area contributed by atoms with Crippen LogP contribution in [0.25, 0.3) is 0 Å². The van der Waals surface area contributed by atoms with Crippen LogP contribution in [0.15, 0.2) is 83.8 Å². The molecule has 6 heteroatoms. The van der Waals surface area contributed by atoms with Crippen molar-refractivity contribution < 1.29 is 14.3 Å². The third kappa shape index (κ3) is 7.01. The van der Waals surface area contributed by atoms with E-state index in [0.717, 1.165) is 16.1 Å². The fourth-order valence-corrected chi connectivity index (χ4v) is 3.26. The molecule has 3 aromatic rings. The number of hydrogen-bond donors (Lipinski definition) is 2. The van der Waals surface area contributed by atoms with E-state index in [1.807, 2.05) is 61.5 Å². The van der Waals surface area contributed by atoms with Gasteiger partial charge in [0.25, 0.3) is 5.91 Å². The molecule has 2 amide bonds. The summed E-state index contributed by atoms with van der Waals surface area (Å²) in [4.78, 5) is 25.0. The van der Waals surface area contributed by atoms with Crippen LogP contribution in [0.1, 0.15) is 5.56 Å². The highest BCUT2D eigenvalue weighted by molar-refractivity contribution is 8.00. The minimum Gasteiger partial charge on any atom is -0.484 e. The number of amides is 2. The number of hydrogen-bond acceptors (Lipinski definition) is 4. The van der Waals surface area contributed by atoms with Gasteiger partial charge in [-0.05, 0) is 61.0 Å². The maximum Gasteiger partial charge on any atom is 0.262 e. The first-order chi connectivity index (χ1) is 14.1. The number of rotatable bonds is 8. The lowest BCUT2D eigenvalue weighted by molar-refractivity contribution is -0.118. The van der Waals surface area contributed by atoms with Crippen molar-refractivity contribution in [1.82, 2.24) is 0 Å². The predicted octanol–water partition coefficient (Wildman–Crippen LogP) is 4.74. The van der Waals surface area contributed by atoms with E-state index >= 15 is 0 Å². The van der Waals surface area contributed by atoms with Crippen LogP contribution in [0.3, 0.4) is 0 Å². The highest BCUT2D eigenvalue weighted by Gasteiger charge is 2.06. The summed E-state index contributed by atoms with van der Waals surface area (Å²) in [5.74, 6) is 0.672. The fourth-order valence-electron chi connectivity index (χ4n) is 2.57. The first-order valence-electron chi connectivity index (χ1n) is 9.15. The lowest BCUT2D eigenvalue weighted by Gasteiger charge is -2.08. The Hall–Kier alpha value is -3.25. The van der Waals surface area contributed by atoms with Crippen LogP contribution in [-0.2, 0) is 9.59 Å². The summed E-state index contributed by atoms with van der Waals surface area (Å²) in [5, 5.41) is 5.68. The lowest BCUT2D eigenvalue weighted by atomic mass is 10.2. The number of para-hydroxylation sites is 1. The van der Waals surface area contributed by atoms with Crippen LogP contribution in [0.5, 0.6) is 5.75 Å². The Balaban J connectivity index is 1.42. The van der Waals surface area contributed by atoms with E-state index in [1.54, 1.807) is 24.3 Å². The van der Waals surface area contributed by atoms with Crippen LogP contribution in [0.2, 0.25) is 0 Å². The molecule has 0 aliphatic rings.